The number of anilines is 1. The molecule has 1 fully saturated rings. The van der Waals surface area contributed by atoms with Crippen molar-refractivity contribution in [3.63, 3.8) is 0 Å². The van der Waals surface area contributed by atoms with Crippen molar-refractivity contribution in [3.05, 3.63) is 73.1 Å². The molecule has 1 aromatic heterocycles. The SMILES string of the molecule is OC(COc1ccc(-c2ccccc2)cc1)CN1CCN(c2ncccn2)CC1. The second-order valence-corrected chi connectivity index (χ2v) is 7.19. The van der Waals surface area contributed by atoms with E-state index >= 15 is 0 Å². The summed E-state index contributed by atoms with van der Waals surface area (Å²) in [5, 5.41) is 10.4. The summed E-state index contributed by atoms with van der Waals surface area (Å²) in [6.07, 6.45) is 3.01. The van der Waals surface area contributed by atoms with Gasteiger partial charge < -0.3 is 14.7 Å². The summed E-state index contributed by atoms with van der Waals surface area (Å²) in [5.74, 6) is 1.55. The molecule has 150 valence electrons. The van der Waals surface area contributed by atoms with E-state index in [2.05, 4.69) is 31.9 Å². The van der Waals surface area contributed by atoms with Gasteiger partial charge in [0.25, 0.3) is 0 Å². The predicted octanol–water partition coefficient (Wildman–Crippen LogP) is 2.71. The maximum absolute atomic E-state index is 10.4. The first-order valence-electron chi connectivity index (χ1n) is 9.98. The smallest absolute Gasteiger partial charge is 0.225 e. The molecule has 0 spiro atoms. The van der Waals surface area contributed by atoms with Gasteiger partial charge in [-0.25, -0.2) is 9.97 Å². The van der Waals surface area contributed by atoms with E-state index in [9.17, 15) is 5.11 Å². The Morgan fingerprint density at radius 2 is 1.48 bits per heavy atom. The molecule has 1 unspecified atom stereocenters. The van der Waals surface area contributed by atoms with E-state index in [4.69, 9.17) is 4.74 Å². The molecule has 1 N–H and O–H groups in total. The van der Waals surface area contributed by atoms with E-state index in [0.29, 0.717) is 6.54 Å². The summed E-state index contributed by atoms with van der Waals surface area (Å²) >= 11 is 0. The molecule has 29 heavy (non-hydrogen) atoms. The lowest BCUT2D eigenvalue weighted by Crippen LogP contribution is -2.49. The third-order valence-corrected chi connectivity index (χ3v) is 5.08. The van der Waals surface area contributed by atoms with Crippen LogP contribution in [0.25, 0.3) is 11.1 Å². The van der Waals surface area contributed by atoms with Crippen LogP contribution < -0.4 is 9.64 Å². The minimum absolute atomic E-state index is 0.284. The Hall–Kier alpha value is -2.96. The van der Waals surface area contributed by atoms with Gasteiger partial charge in [-0.2, -0.15) is 0 Å². The summed E-state index contributed by atoms with van der Waals surface area (Å²) < 4.78 is 5.78. The van der Waals surface area contributed by atoms with Crippen molar-refractivity contribution in [3.8, 4) is 16.9 Å². The van der Waals surface area contributed by atoms with Crippen molar-refractivity contribution >= 4 is 5.95 Å². The normalized spacial score (nSPS) is 15.8. The Kier molecular flexibility index (Phi) is 6.34. The van der Waals surface area contributed by atoms with E-state index in [1.54, 1.807) is 12.4 Å². The molecule has 0 amide bonds. The lowest BCUT2D eigenvalue weighted by atomic mass is 10.1. The Bertz CT molecular complexity index is 866. The third kappa shape index (κ3) is 5.31. The highest BCUT2D eigenvalue weighted by atomic mass is 16.5. The first-order chi connectivity index (χ1) is 14.3. The van der Waals surface area contributed by atoms with Crippen LogP contribution >= 0.6 is 0 Å². The number of aromatic nitrogens is 2. The number of hydrogen-bond acceptors (Lipinski definition) is 6. The fraction of sp³-hybridized carbons (Fsp3) is 0.304. The zero-order valence-electron chi connectivity index (χ0n) is 16.4. The van der Waals surface area contributed by atoms with Crippen LogP contribution in [0, 0.1) is 0 Å². The standard InChI is InChI=1S/C23H26N4O2/c28-21(17-26-13-15-27(16-14-26)23-24-11-4-12-25-23)18-29-22-9-7-20(8-10-22)19-5-2-1-3-6-19/h1-12,21,28H,13-18H2. The number of nitrogens with zero attached hydrogens (tertiary/aromatic N) is 4. The number of β-amino-alcohol motifs (C(OH)–C–C–N with tert-alkyl or cyclic N) is 1. The number of benzene rings is 2. The quantitative estimate of drug-likeness (QED) is 0.669. The first-order valence-corrected chi connectivity index (χ1v) is 9.98. The molecule has 3 aromatic rings. The minimum Gasteiger partial charge on any atom is -0.491 e. The van der Waals surface area contributed by atoms with Crippen LogP contribution in [-0.2, 0) is 0 Å². The Morgan fingerprint density at radius 3 is 2.17 bits per heavy atom. The first kappa shape index (κ1) is 19.4. The molecule has 1 aliphatic heterocycles. The zero-order valence-corrected chi connectivity index (χ0v) is 16.4. The van der Waals surface area contributed by atoms with Crippen LogP contribution in [0.5, 0.6) is 5.75 Å². The predicted molar refractivity (Wildman–Crippen MR) is 114 cm³/mol. The van der Waals surface area contributed by atoms with Crippen LogP contribution in [0.4, 0.5) is 5.95 Å². The highest BCUT2D eigenvalue weighted by Gasteiger charge is 2.20. The van der Waals surface area contributed by atoms with Crippen LogP contribution in [0.3, 0.4) is 0 Å². The van der Waals surface area contributed by atoms with E-state index in [-0.39, 0.29) is 6.61 Å². The lowest BCUT2D eigenvalue weighted by Gasteiger charge is -2.35. The Labute approximate surface area is 171 Å². The molecule has 4 rings (SSSR count). The molecular weight excluding hydrogens is 364 g/mol. The van der Waals surface area contributed by atoms with Gasteiger partial charge in [-0.3, -0.25) is 4.90 Å². The molecule has 6 nitrogen and oxygen atoms in total. The number of aliphatic hydroxyl groups excluding tert-OH is 1. The fourth-order valence-corrected chi connectivity index (χ4v) is 3.50. The Balaban J connectivity index is 1.21. The van der Waals surface area contributed by atoms with Crippen LogP contribution in [0.2, 0.25) is 0 Å². The molecule has 0 bridgehead atoms. The van der Waals surface area contributed by atoms with Crippen molar-refractivity contribution in [2.75, 3.05) is 44.2 Å². The summed E-state index contributed by atoms with van der Waals surface area (Å²) in [6, 6.07) is 20.1. The summed E-state index contributed by atoms with van der Waals surface area (Å²) in [7, 11) is 0. The molecule has 1 aliphatic rings. The van der Waals surface area contributed by atoms with E-state index in [1.165, 1.54) is 5.56 Å². The van der Waals surface area contributed by atoms with Gasteiger partial charge in [0, 0.05) is 45.1 Å². The molecule has 0 aliphatic carbocycles. The molecule has 0 saturated carbocycles. The van der Waals surface area contributed by atoms with E-state index in [0.717, 1.165) is 43.4 Å². The van der Waals surface area contributed by atoms with Gasteiger partial charge in [0.05, 0.1) is 0 Å². The summed E-state index contributed by atoms with van der Waals surface area (Å²) in [5.41, 5.74) is 2.33. The lowest BCUT2D eigenvalue weighted by molar-refractivity contribution is 0.0662. The monoisotopic (exact) mass is 390 g/mol. The molecule has 1 saturated heterocycles. The van der Waals surface area contributed by atoms with Gasteiger partial charge in [0.15, 0.2) is 0 Å². The topological polar surface area (TPSA) is 61.7 Å². The van der Waals surface area contributed by atoms with Crippen LogP contribution in [-0.4, -0.2) is 65.4 Å². The highest BCUT2D eigenvalue weighted by molar-refractivity contribution is 5.63. The maximum Gasteiger partial charge on any atom is 0.225 e. The maximum atomic E-state index is 10.4. The summed E-state index contributed by atoms with van der Waals surface area (Å²) in [6.45, 7) is 4.36. The van der Waals surface area contributed by atoms with E-state index in [1.807, 2.05) is 48.5 Å². The molecule has 6 heteroatoms. The highest BCUT2D eigenvalue weighted by Crippen LogP contribution is 2.22. The third-order valence-electron chi connectivity index (χ3n) is 5.08. The van der Waals surface area contributed by atoms with Gasteiger partial charge in [0.1, 0.15) is 18.5 Å². The largest absolute Gasteiger partial charge is 0.491 e. The number of aliphatic hydroxyl groups is 1. The fourth-order valence-electron chi connectivity index (χ4n) is 3.50. The molecule has 1 atom stereocenters. The van der Waals surface area contributed by atoms with Gasteiger partial charge in [0.2, 0.25) is 5.95 Å². The van der Waals surface area contributed by atoms with Crippen molar-refractivity contribution in [2.45, 2.75) is 6.10 Å². The second kappa shape index (κ2) is 9.49. The van der Waals surface area contributed by atoms with Gasteiger partial charge >= 0.3 is 0 Å². The van der Waals surface area contributed by atoms with Crippen LogP contribution in [0.1, 0.15) is 0 Å². The number of ether oxygens (including phenoxy) is 1. The minimum atomic E-state index is -0.525. The van der Waals surface area contributed by atoms with Gasteiger partial charge in [-0.15, -0.1) is 0 Å². The molecule has 2 heterocycles. The van der Waals surface area contributed by atoms with Crippen molar-refractivity contribution in [2.24, 2.45) is 0 Å². The zero-order chi connectivity index (χ0) is 19.9. The van der Waals surface area contributed by atoms with Gasteiger partial charge in [-0.1, -0.05) is 42.5 Å². The van der Waals surface area contributed by atoms with Crippen molar-refractivity contribution < 1.29 is 9.84 Å². The Morgan fingerprint density at radius 1 is 0.828 bits per heavy atom. The number of hydrogen-bond donors (Lipinski definition) is 1. The number of rotatable bonds is 7. The average Bonchev–Trinajstić information content (AvgIpc) is 2.80. The van der Waals surface area contributed by atoms with E-state index < -0.39 is 6.10 Å². The second-order valence-electron chi connectivity index (χ2n) is 7.19. The molecule has 0 radical (unpaired) electrons. The van der Waals surface area contributed by atoms with Crippen molar-refractivity contribution in [1.29, 1.82) is 0 Å². The summed E-state index contributed by atoms with van der Waals surface area (Å²) in [4.78, 5) is 13.0. The molecular formula is C23H26N4O2. The number of piperazine rings is 1. The molecule has 2 aromatic carbocycles. The van der Waals surface area contributed by atoms with Crippen LogP contribution in [0.15, 0.2) is 73.1 Å². The average molecular weight is 390 g/mol. The van der Waals surface area contributed by atoms with Crippen molar-refractivity contribution in [1.82, 2.24) is 14.9 Å². The van der Waals surface area contributed by atoms with Gasteiger partial charge in [-0.05, 0) is 29.3 Å².